The Balaban J connectivity index is 2.20. The number of esters is 2. The third-order valence-electron chi connectivity index (χ3n) is 2.37. The molecule has 6 nitrogen and oxygen atoms in total. The van der Waals surface area contributed by atoms with E-state index in [1.54, 1.807) is 0 Å². The molecule has 2 aliphatic heterocycles. The highest BCUT2D eigenvalue weighted by Crippen LogP contribution is 2.52. The molecule has 0 aliphatic carbocycles. The van der Waals surface area contributed by atoms with Crippen molar-refractivity contribution in [3.05, 3.63) is 35.1 Å². The third kappa shape index (κ3) is 3.84. The first-order chi connectivity index (χ1) is 10.6. The Morgan fingerprint density at radius 2 is 1.55 bits per heavy atom. The van der Waals surface area contributed by atoms with Crippen molar-refractivity contribution < 1.29 is 28.5 Å². The second kappa shape index (κ2) is 7.70. The summed E-state index contributed by atoms with van der Waals surface area (Å²) >= 11 is 7.15. The summed E-state index contributed by atoms with van der Waals surface area (Å²) in [5.41, 5.74) is -0.991. The second-order valence-corrected chi connectivity index (χ2v) is 6.70. The predicted octanol–water partition coefficient (Wildman–Crippen LogP) is 2.12. The van der Waals surface area contributed by atoms with Crippen LogP contribution in [0.3, 0.4) is 0 Å². The lowest BCUT2D eigenvalue weighted by atomic mass is 10.3. The molecule has 0 amide bonds. The SMILES string of the molecule is C=CCOC(=O)C(C(=O)OCC=C)=C1SC2OC(=S)OC2S1. The molecule has 2 aliphatic rings. The lowest BCUT2D eigenvalue weighted by molar-refractivity contribution is -0.145. The maximum absolute atomic E-state index is 12.1. The van der Waals surface area contributed by atoms with Crippen LogP contribution in [0.2, 0.25) is 0 Å². The average Bonchev–Trinajstić information content (AvgIpc) is 3.00. The molecule has 2 atom stereocenters. The van der Waals surface area contributed by atoms with Gasteiger partial charge in [-0.25, -0.2) is 9.59 Å². The summed E-state index contributed by atoms with van der Waals surface area (Å²) in [5, 5.41) is 0.0547. The molecule has 0 aromatic heterocycles. The van der Waals surface area contributed by atoms with Gasteiger partial charge in [-0.05, 0) is 0 Å². The number of hydrogen-bond acceptors (Lipinski definition) is 9. The topological polar surface area (TPSA) is 71.1 Å². The van der Waals surface area contributed by atoms with Crippen molar-refractivity contribution in [1.29, 1.82) is 0 Å². The highest BCUT2D eigenvalue weighted by molar-refractivity contribution is 8.26. The van der Waals surface area contributed by atoms with E-state index in [1.165, 1.54) is 35.7 Å². The van der Waals surface area contributed by atoms with Crippen molar-refractivity contribution in [2.45, 2.75) is 10.9 Å². The van der Waals surface area contributed by atoms with Crippen molar-refractivity contribution in [2.75, 3.05) is 13.2 Å². The van der Waals surface area contributed by atoms with Crippen LogP contribution in [0.5, 0.6) is 0 Å². The smallest absolute Gasteiger partial charge is 0.354 e. The van der Waals surface area contributed by atoms with Crippen LogP contribution >= 0.6 is 35.7 Å². The van der Waals surface area contributed by atoms with Gasteiger partial charge in [0, 0.05) is 12.2 Å². The summed E-state index contributed by atoms with van der Waals surface area (Å²) in [4.78, 5) is 24.2. The number of ether oxygens (including phenoxy) is 4. The van der Waals surface area contributed by atoms with Crippen LogP contribution in [0.25, 0.3) is 0 Å². The molecule has 2 saturated heterocycles. The Labute approximate surface area is 140 Å². The van der Waals surface area contributed by atoms with Gasteiger partial charge in [0.15, 0.2) is 16.4 Å². The van der Waals surface area contributed by atoms with Crippen LogP contribution in [-0.2, 0) is 28.5 Å². The first-order valence-electron chi connectivity index (χ1n) is 6.07. The molecule has 2 heterocycles. The quantitative estimate of drug-likeness (QED) is 0.177. The van der Waals surface area contributed by atoms with Crippen molar-refractivity contribution >= 4 is 52.9 Å². The average molecular weight is 360 g/mol. The molecule has 2 unspecified atom stereocenters. The summed E-state index contributed by atoms with van der Waals surface area (Å²) in [5.74, 6) is -1.57. The zero-order valence-corrected chi connectivity index (χ0v) is 13.8. The fraction of sp³-hybridized carbons (Fsp3) is 0.308. The van der Waals surface area contributed by atoms with E-state index in [9.17, 15) is 9.59 Å². The molecule has 0 aromatic carbocycles. The van der Waals surface area contributed by atoms with Gasteiger partial charge in [-0.3, -0.25) is 0 Å². The molecule has 9 heteroatoms. The van der Waals surface area contributed by atoms with Gasteiger partial charge in [0.05, 0.1) is 4.24 Å². The molecular weight excluding hydrogens is 348 g/mol. The first-order valence-corrected chi connectivity index (χ1v) is 8.24. The molecule has 0 bridgehead atoms. The van der Waals surface area contributed by atoms with E-state index in [4.69, 9.17) is 31.2 Å². The molecule has 2 rings (SSSR count). The van der Waals surface area contributed by atoms with Crippen molar-refractivity contribution in [3.63, 3.8) is 0 Å². The summed E-state index contributed by atoms with van der Waals surface area (Å²) in [6.07, 6.45) is 2.81. The summed E-state index contributed by atoms with van der Waals surface area (Å²) in [6.45, 7) is 6.88. The van der Waals surface area contributed by atoms with E-state index in [1.807, 2.05) is 0 Å². The minimum atomic E-state index is -0.786. The lowest BCUT2D eigenvalue weighted by Gasteiger charge is -2.09. The summed E-state index contributed by atoms with van der Waals surface area (Å²) < 4.78 is 20.8. The predicted molar refractivity (Wildman–Crippen MR) is 86.9 cm³/mol. The van der Waals surface area contributed by atoms with Crippen molar-refractivity contribution in [1.82, 2.24) is 0 Å². The fourth-order valence-electron chi connectivity index (χ4n) is 1.51. The fourth-order valence-corrected chi connectivity index (χ4v) is 4.56. The zero-order valence-electron chi connectivity index (χ0n) is 11.3. The van der Waals surface area contributed by atoms with Gasteiger partial charge in [-0.2, -0.15) is 0 Å². The summed E-state index contributed by atoms with van der Waals surface area (Å²) in [6, 6.07) is 0. The molecule has 2 fully saturated rings. The lowest BCUT2D eigenvalue weighted by Crippen LogP contribution is -2.19. The van der Waals surface area contributed by atoms with Crippen LogP contribution in [0, 0.1) is 0 Å². The maximum atomic E-state index is 12.1. The minimum Gasteiger partial charge on any atom is -0.458 e. The normalized spacial score (nSPS) is 22.2. The largest absolute Gasteiger partial charge is 0.458 e. The number of thioether (sulfide) groups is 2. The molecule has 0 N–H and O–H groups in total. The Kier molecular flexibility index (Phi) is 5.92. The second-order valence-electron chi connectivity index (χ2n) is 3.89. The van der Waals surface area contributed by atoms with E-state index in [-0.39, 0.29) is 24.0 Å². The standard InChI is InChI=1S/C13H12O6S3/c1-3-5-16-8(14)7(9(15)17-6-4-2)12-21-10-11(22-12)19-13(20)18-10/h3-4,10-11H,1-2,5-6H2. The van der Waals surface area contributed by atoms with E-state index in [2.05, 4.69) is 13.2 Å². The number of hydrogen-bond donors (Lipinski definition) is 0. The number of fused-ring (bicyclic) bond motifs is 1. The monoisotopic (exact) mass is 360 g/mol. The number of thiocarbonyl (C=S) groups is 1. The van der Waals surface area contributed by atoms with Crippen molar-refractivity contribution in [3.8, 4) is 0 Å². The zero-order chi connectivity index (χ0) is 16.1. The van der Waals surface area contributed by atoms with Crippen LogP contribution in [0.15, 0.2) is 35.1 Å². The number of rotatable bonds is 6. The van der Waals surface area contributed by atoms with Crippen molar-refractivity contribution in [2.24, 2.45) is 0 Å². The number of carbonyl (C=O) groups excluding carboxylic acids is 2. The van der Waals surface area contributed by atoms with E-state index in [0.717, 1.165) is 0 Å². The molecule has 22 heavy (non-hydrogen) atoms. The molecular formula is C13H12O6S3. The van der Waals surface area contributed by atoms with Gasteiger partial charge >= 0.3 is 17.2 Å². The van der Waals surface area contributed by atoms with Gasteiger partial charge in [0.2, 0.25) is 0 Å². The maximum Gasteiger partial charge on any atom is 0.354 e. The summed E-state index contributed by atoms with van der Waals surface area (Å²) in [7, 11) is 0. The van der Waals surface area contributed by atoms with Gasteiger partial charge in [0.1, 0.15) is 13.2 Å². The molecule has 0 spiro atoms. The highest BCUT2D eigenvalue weighted by Gasteiger charge is 2.46. The van der Waals surface area contributed by atoms with Crippen LogP contribution < -0.4 is 0 Å². The van der Waals surface area contributed by atoms with E-state index < -0.39 is 22.8 Å². The van der Waals surface area contributed by atoms with Gasteiger partial charge in [-0.1, -0.05) is 48.8 Å². The highest BCUT2D eigenvalue weighted by atomic mass is 32.2. The Bertz CT molecular complexity index is 512. The van der Waals surface area contributed by atoms with Gasteiger partial charge < -0.3 is 18.9 Å². The molecule has 0 aromatic rings. The van der Waals surface area contributed by atoms with E-state index in [0.29, 0.717) is 4.24 Å². The first kappa shape index (κ1) is 16.9. The Morgan fingerprint density at radius 1 is 1.09 bits per heavy atom. The molecule has 0 saturated carbocycles. The van der Waals surface area contributed by atoms with Crippen LogP contribution in [0.4, 0.5) is 0 Å². The van der Waals surface area contributed by atoms with Gasteiger partial charge in [-0.15, -0.1) is 0 Å². The van der Waals surface area contributed by atoms with Crippen LogP contribution in [0.1, 0.15) is 0 Å². The Morgan fingerprint density at radius 3 is 1.95 bits per heavy atom. The van der Waals surface area contributed by atoms with Gasteiger partial charge in [0.25, 0.3) is 0 Å². The van der Waals surface area contributed by atoms with Crippen LogP contribution in [-0.4, -0.2) is 41.3 Å². The van der Waals surface area contributed by atoms with E-state index >= 15 is 0 Å². The molecule has 0 radical (unpaired) electrons. The minimum absolute atomic E-state index is 0.0103. The Hall–Kier alpha value is -1.45. The third-order valence-corrected chi connectivity index (χ3v) is 5.30. The number of carbonyl (C=O) groups is 2. The molecule has 118 valence electrons.